The summed E-state index contributed by atoms with van der Waals surface area (Å²) in [5.74, 6) is 0. The van der Waals surface area contributed by atoms with Gasteiger partial charge in [0.1, 0.15) is 0 Å². The Balaban J connectivity index is 2.33. The number of benzene rings is 1. The second-order valence-corrected chi connectivity index (χ2v) is 3.60. The van der Waals surface area contributed by atoms with E-state index in [1.54, 1.807) is 0 Å². The van der Waals surface area contributed by atoms with Gasteiger partial charge < -0.3 is 14.9 Å². The molecule has 1 aromatic carbocycles. The second-order valence-electron chi connectivity index (χ2n) is 3.60. The second kappa shape index (κ2) is 4.31. The first-order valence-corrected chi connectivity index (χ1v) is 5.19. The molecule has 0 amide bonds. The van der Waals surface area contributed by atoms with Crippen molar-refractivity contribution in [3.63, 3.8) is 0 Å². The van der Waals surface area contributed by atoms with Crippen LogP contribution in [0, 0.1) is 5.41 Å². The monoisotopic (exact) mass is 204 g/mol. The number of hydrogen-bond donors (Lipinski definition) is 3. The number of nitrogens with one attached hydrogen (secondary N) is 3. The van der Waals surface area contributed by atoms with Crippen LogP contribution in [-0.4, -0.2) is 23.1 Å². The number of H-pyrrole nitrogens is 1. The molecular formula is C11H16N4. The van der Waals surface area contributed by atoms with Crippen LogP contribution in [0.5, 0.6) is 0 Å². The standard InChI is InChI=1S/C11H16N4/c1-13-7-4-8-15-10-6-3-2-5-9(10)14-11(15)12/h2-3,5-6,13H,4,7-8H2,1H3,(H2,12,14). The fourth-order valence-electron chi connectivity index (χ4n) is 1.78. The highest BCUT2D eigenvalue weighted by Gasteiger charge is 2.02. The third-order valence-corrected chi connectivity index (χ3v) is 2.53. The van der Waals surface area contributed by atoms with Crippen LogP contribution in [-0.2, 0) is 6.54 Å². The Hall–Kier alpha value is -1.55. The lowest BCUT2D eigenvalue weighted by Gasteiger charge is -2.03. The normalized spacial score (nSPS) is 11.0. The van der Waals surface area contributed by atoms with E-state index in [9.17, 15) is 0 Å². The number of aromatic amines is 1. The van der Waals surface area contributed by atoms with Crippen LogP contribution in [0.2, 0.25) is 0 Å². The minimum Gasteiger partial charge on any atom is -0.324 e. The Morgan fingerprint density at radius 3 is 3.00 bits per heavy atom. The average Bonchev–Trinajstić information content (AvgIpc) is 2.56. The van der Waals surface area contributed by atoms with E-state index in [1.807, 2.05) is 35.9 Å². The molecule has 3 N–H and O–H groups in total. The van der Waals surface area contributed by atoms with E-state index in [-0.39, 0.29) is 0 Å². The lowest BCUT2D eigenvalue weighted by atomic mass is 10.3. The maximum Gasteiger partial charge on any atom is 0.200 e. The van der Waals surface area contributed by atoms with Gasteiger partial charge >= 0.3 is 0 Å². The summed E-state index contributed by atoms with van der Waals surface area (Å²) in [6, 6.07) is 8.03. The highest BCUT2D eigenvalue weighted by Crippen LogP contribution is 2.08. The number of nitrogens with zero attached hydrogens (tertiary/aromatic N) is 1. The number of para-hydroxylation sites is 2. The Labute approximate surface area is 88.4 Å². The van der Waals surface area contributed by atoms with Gasteiger partial charge in [0.25, 0.3) is 0 Å². The van der Waals surface area contributed by atoms with E-state index in [0.29, 0.717) is 5.62 Å². The number of fused-ring (bicyclic) bond motifs is 1. The first-order valence-electron chi connectivity index (χ1n) is 5.19. The van der Waals surface area contributed by atoms with Gasteiger partial charge in [-0.05, 0) is 32.1 Å². The van der Waals surface area contributed by atoms with Gasteiger partial charge in [0.15, 0.2) is 5.62 Å². The van der Waals surface area contributed by atoms with E-state index < -0.39 is 0 Å². The molecule has 1 aromatic heterocycles. The molecule has 0 aliphatic heterocycles. The highest BCUT2D eigenvalue weighted by atomic mass is 15.1. The number of aromatic nitrogens is 2. The smallest absolute Gasteiger partial charge is 0.200 e. The molecule has 0 aliphatic rings. The highest BCUT2D eigenvalue weighted by molar-refractivity contribution is 5.74. The largest absolute Gasteiger partial charge is 0.324 e. The molecule has 0 fully saturated rings. The zero-order chi connectivity index (χ0) is 10.7. The molecular weight excluding hydrogens is 188 g/mol. The molecule has 1 heterocycles. The van der Waals surface area contributed by atoms with Crippen LogP contribution in [0.1, 0.15) is 6.42 Å². The molecule has 4 nitrogen and oxygen atoms in total. The van der Waals surface area contributed by atoms with Crippen molar-refractivity contribution in [1.29, 1.82) is 5.41 Å². The molecule has 15 heavy (non-hydrogen) atoms. The lowest BCUT2D eigenvalue weighted by Crippen LogP contribution is -2.19. The van der Waals surface area contributed by atoms with Crippen molar-refractivity contribution >= 4 is 11.0 Å². The van der Waals surface area contributed by atoms with E-state index >= 15 is 0 Å². The van der Waals surface area contributed by atoms with Crippen molar-refractivity contribution in [2.24, 2.45) is 0 Å². The molecule has 0 spiro atoms. The van der Waals surface area contributed by atoms with Crippen molar-refractivity contribution in [1.82, 2.24) is 14.9 Å². The molecule has 2 aromatic rings. The third kappa shape index (κ3) is 1.94. The maximum absolute atomic E-state index is 7.82. The van der Waals surface area contributed by atoms with Crippen LogP contribution in [0.4, 0.5) is 0 Å². The lowest BCUT2D eigenvalue weighted by molar-refractivity contribution is 0.600. The minimum absolute atomic E-state index is 0.479. The van der Waals surface area contributed by atoms with E-state index in [1.165, 1.54) is 0 Å². The quantitative estimate of drug-likeness (QED) is 0.641. The van der Waals surface area contributed by atoms with Crippen LogP contribution >= 0.6 is 0 Å². The summed E-state index contributed by atoms with van der Waals surface area (Å²) < 4.78 is 2.01. The van der Waals surface area contributed by atoms with Crippen LogP contribution in [0.15, 0.2) is 24.3 Å². The van der Waals surface area contributed by atoms with Gasteiger partial charge in [0, 0.05) is 6.54 Å². The van der Waals surface area contributed by atoms with E-state index in [0.717, 1.165) is 30.5 Å². The summed E-state index contributed by atoms with van der Waals surface area (Å²) >= 11 is 0. The predicted octanol–water partition coefficient (Wildman–Crippen LogP) is 1.06. The van der Waals surface area contributed by atoms with Crippen LogP contribution in [0.25, 0.3) is 11.0 Å². The van der Waals surface area contributed by atoms with E-state index in [2.05, 4.69) is 10.3 Å². The Bertz CT molecular complexity index is 495. The van der Waals surface area contributed by atoms with Crippen molar-refractivity contribution < 1.29 is 0 Å². The van der Waals surface area contributed by atoms with Gasteiger partial charge in [-0.15, -0.1) is 0 Å². The predicted molar refractivity (Wildman–Crippen MR) is 60.7 cm³/mol. The molecule has 0 atom stereocenters. The van der Waals surface area contributed by atoms with Crippen molar-refractivity contribution in [3.8, 4) is 0 Å². The Morgan fingerprint density at radius 1 is 1.40 bits per heavy atom. The number of rotatable bonds is 4. The fourth-order valence-corrected chi connectivity index (χ4v) is 1.78. The van der Waals surface area contributed by atoms with Gasteiger partial charge in [-0.25, -0.2) is 0 Å². The summed E-state index contributed by atoms with van der Waals surface area (Å²) in [7, 11) is 1.95. The van der Waals surface area contributed by atoms with Gasteiger partial charge in [-0.1, -0.05) is 12.1 Å². The van der Waals surface area contributed by atoms with Crippen molar-refractivity contribution in [2.75, 3.05) is 13.6 Å². The molecule has 0 unspecified atom stereocenters. The summed E-state index contributed by atoms with van der Waals surface area (Å²) in [5, 5.41) is 10.9. The van der Waals surface area contributed by atoms with Gasteiger partial charge in [-0.2, -0.15) is 0 Å². The number of hydrogen-bond acceptors (Lipinski definition) is 2. The van der Waals surface area contributed by atoms with Crippen molar-refractivity contribution in [2.45, 2.75) is 13.0 Å². The first kappa shape index (κ1) is 9.98. The summed E-state index contributed by atoms with van der Waals surface area (Å²) in [5.41, 5.74) is 2.62. The summed E-state index contributed by atoms with van der Waals surface area (Å²) in [4.78, 5) is 3.06. The molecule has 0 radical (unpaired) electrons. The van der Waals surface area contributed by atoms with Gasteiger partial charge in [-0.3, -0.25) is 5.41 Å². The zero-order valence-electron chi connectivity index (χ0n) is 8.88. The van der Waals surface area contributed by atoms with Crippen LogP contribution in [0.3, 0.4) is 0 Å². The topological polar surface area (TPSA) is 56.6 Å². The molecule has 4 heteroatoms. The molecule has 0 saturated heterocycles. The van der Waals surface area contributed by atoms with Crippen LogP contribution < -0.4 is 10.9 Å². The fraction of sp³-hybridized carbons (Fsp3) is 0.364. The van der Waals surface area contributed by atoms with Crippen molar-refractivity contribution in [3.05, 3.63) is 29.9 Å². The average molecular weight is 204 g/mol. The molecule has 0 bridgehead atoms. The zero-order valence-corrected chi connectivity index (χ0v) is 8.88. The molecule has 2 rings (SSSR count). The third-order valence-electron chi connectivity index (χ3n) is 2.53. The Morgan fingerprint density at radius 2 is 2.20 bits per heavy atom. The molecule has 80 valence electrons. The maximum atomic E-state index is 7.82. The summed E-state index contributed by atoms with van der Waals surface area (Å²) in [6.07, 6.45) is 1.04. The first-order chi connectivity index (χ1) is 7.33. The minimum atomic E-state index is 0.479. The summed E-state index contributed by atoms with van der Waals surface area (Å²) in [6.45, 7) is 1.86. The molecule has 0 saturated carbocycles. The van der Waals surface area contributed by atoms with Gasteiger partial charge in [0.2, 0.25) is 0 Å². The Kier molecular flexibility index (Phi) is 2.87. The molecule has 0 aliphatic carbocycles. The number of aryl methyl sites for hydroxylation is 1. The van der Waals surface area contributed by atoms with Gasteiger partial charge in [0.05, 0.1) is 11.0 Å². The van der Waals surface area contributed by atoms with E-state index in [4.69, 9.17) is 5.41 Å². The SMILES string of the molecule is CNCCCn1c(=N)[nH]c2ccccc21. The number of imidazole rings is 1.